The molecule has 0 aliphatic heterocycles. The second-order valence-corrected chi connectivity index (χ2v) is 8.94. The van der Waals surface area contributed by atoms with Crippen LogP contribution in [0.4, 0.5) is 11.4 Å². The van der Waals surface area contributed by atoms with Gasteiger partial charge in [0.25, 0.3) is 0 Å². The second kappa shape index (κ2) is 13.6. The number of unbranched alkanes of at least 4 members (excludes halogenated alkanes) is 1. The van der Waals surface area contributed by atoms with Crippen LogP contribution in [0.15, 0.2) is 117 Å². The van der Waals surface area contributed by atoms with Gasteiger partial charge in [-0.2, -0.15) is 0 Å². The number of hydrogen-bond acceptors (Lipinski definition) is 6. The maximum Gasteiger partial charge on any atom is 0.128 e. The molecule has 0 fully saturated rings. The number of hydrogen-bond donors (Lipinski definition) is 2. The molecule has 0 N–H and O–H groups in total. The number of benzene rings is 4. The number of nitrogens with zero attached hydrogens (tertiary/aromatic N) is 2. The molecule has 4 rings (SSSR count). The summed E-state index contributed by atoms with van der Waals surface area (Å²) in [4.78, 5) is 10.8. The Bertz CT molecular complexity index is 1230. The Balaban J connectivity index is 1.26. The molecular formula is C30H28N2O2S2. The van der Waals surface area contributed by atoms with Crippen molar-refractivity contribution < 1.29 is 9.47 Å². The van der Waals surface area contributed by atoms with Crippen molar-refractivity contribution in [2.24, 2.45) is 9.98 Å². The molecule has 0 aromatic heterocycles. The zero-order chi connectivity index (χ0) is 25.0. The normalized spacial score (nSPS) is 11.3. The molecule has 0 heterocycles. The third-order valence-electron chi connectivity index (χ3n) is 5.34. The summed E-state index contributed by atoms with van der Waals surface area (Å²) in [5, 5.41) is 0. The molecule has 0 bridgehead atoms. The largest absolute Gasteiger partial charge is 0.493 e. The van der Waals surface area contributed by atoms with E-state index in [0.717, 1.165) is 56.6 Å². The third kappa shape index (κ3) is 7.51. The van der Waals surface area contributed by atoms with E-state index in [-0.39, 0.29) is 0 Å². The van der Waals surface area contributed by atoms with Gasteiger partial charge in [-0.15, -0.1) is 25.3 Å². The van der Waals surface area contributed by atoms with Crippen LogP contribution in [0, 0.1) is 0 Å². The van der Waals surface area contributed by atoms with Gasteiger partial charge in [-0.25, -0.2) is 0 Å². The summed E-state index contributed by atoms with van der Waals surface area (Å²) in [5.74, 6) is 1.62. The molecule has 0 aliphatic rings. The van der Waals surface area contributed by atoms with Gasteiger partial charge < -0.3 is 9.47 Å². The Hall–Kier alpha value is -3.48. The summed E-state index contributed by atoms with van der Waals surface area (Å²) >= 11 is 8.91. The fourth-order valence-corrected chi connectivity index (χ4v) is 3.87. The summed E-state index contributed by atoms with van der Waals surface area (Å²) in [6.45, 7) is 1.19. The predicted molar refractivity (Wildman–Crippen MR) is 155 cm³/mol. The van der Waals surface area contributed by atoms with Crippen molar-refractivity contribution in [1.82, 2.24) is 0 Å². The van der Waals surface area contributed by atoms with Crippen LogP contribution in [-0.4, -0.2) is 25.6 Å². The van der Waals surface area contributed by atoms with E-state index < -0.39 is 0 Å². The Morgan fingerprint density at radius 3 is 1.36 bits per heavy atom. The van der Waals surface area contributed by atoms with Crippen LogP contribution in [0.3, 0.4) is 0 Å². The maximum absolute atomic E-state index is 6.04. The highest BCUT2D eigenvalue weighted by atomic mass is 32.1. The Kier molecular flexibility index (Phi) is 9.65. The molecule has 0 saturated heterocycles. The zero-order valence-electron chi connectivity index (χ0n) is 19.8. The Morgan fingerprint density at radius 2 is 0.917 bits per heavy atom. The number of ether oxygens (including phenoxy) is 2. The van der Waals surface area contributed by atoms with Crippen molar-refractivity contribution in [3.63, 3.8) is 0 Å². The monoisotopic (exact) mass is 512 g/mol. The molecule has 182 valence electrons. The summed E-state index contributed by atoms with van der Waals surface area (Å²) in [6.07, 6.45) is 5.37. The van der Waals surface area contributed by atoms with Gasteiger partial charge in [0.1, 0.15) is 11.5 Å². The predicted octanol–water partition coefficient (Wildman–Crippen LogP) is 8.00. The second-order valence-electron chi connectivity index (χ2n) is 7.97. The van der Waals surface area contributed by atoms with E-state index in [1.165, 1.54) is 0 Å². The van der Waals surface area contributed by atoms with Crippen LogP contribution in [-0.2, 0) is 0 Å². The van der Waals surface area contributed by atoms with Gasteiger partial charge in [0, 0.05) is 33.3 Å². The zero-order valence-corrected chi connectivity index (χ0v) is 21.6. The van der Waals surface area contributed by atoms with E-state index in [4.69, 9.17) is 9.47 Å². The molecule has 0 saturated carbocycles. The molecule has 0 atom stereocenters. The van der Waals surface area contributed by atoms with E-state index in [0.29, 0.717) is 13.2 Å². The molecule has 4 aromatic rings. The minimum atomic E-state index is 0.596. The molecule has 0 amide bonds. The van der Waals surface area contributed by atoms with Gasteiger partial charge in [0.15, 0.2) is 0 Å². The van der Waals surface area contributed by atoms with Gasteiger partial charge >= 0.3 is 0 Å². The van der Waals surface area contributed by atoms with Crippen molar-refractivity contribution in [2.75, 3.05) is 13.2 Å². The van der Waals surface area contributed by atoms with Crippen molar-refractivity contribution in [1.29, 1.82) is 0 Å². The van der Waals surface area contributed by atoms with Crippen molar-refractivity contribution in [3.05, 3.63) is 108 Å². The third-order valence-corrected chi connectivity index (χ3v) is 6.10. The quantitative estimate of drug-likeness (QED) is 0.121. The highest BCUT2D eigenvalue weighted by Crippen LogP contribution is 2.25. The SMILES string of the molecule is Sc1ccccc1N=Cc1ccccc1OCCCCOc1ccccc1C=Nc1ccccc1S. The summed E-state index contributed by atoms with van der Waals surface area (Å²) < 4.78 is 12.1. The van der Waals surface area contributed by atoms with E-state index in [2.05, 4.69) is 35.2 Å². The van der Waals surface area contributed by atoms with Gasteiger partial charge in [-0.3, -0.25) is 9.98 Å². The average Bonchev–Trinajstić information content (AvgIpc) is 2.91. The molecule has 0 radical (unpaired) electrons. The minimum absolute atomic E-state index is 0.596. The standard InChI is InChI=1S/C30H28N2O2S2/c35-29-17-7-3-13-25(29)31-21-23-11-1-5-15-27(23)33-19-9-10-20-34-28-16-6-2-12-24(28)22-32-26-14-4-8-18-30(26)36/h1-8,11-18,21-22,35-36H,9-10,19-20H2. The van der Waals surface area contributed by atoms with Gasteiger partial charge in [0.2, 0.25) is 0 Å². The van der Waals surface area contributed by atoms with E-state index >= 15 is 0 Å². The van der Waals surface area contributed by atoms with Crippen LogP contribution in [0.2, 0.25) is 0 Å². The fourth-order valence-electron chi connectivity index (χ4n) is 3.43. The molecule has 0 unspecified atom stereocenters. The van der Waals surface area contributed by atoms with Gasteiger partial charge in [-0.1, -0.05) is 48.5 Å². The smallest absolute Gasteiger partial charge is 0.128 e. The number of thiol groups is 2. The Labute approximate surface area is 223 Å². The summed E-state index contributed by atoms with van der Waals surface area (Å²) in [5.41, 5.74) is 3.52. The van der Waals surface area contributed by atoms with E-state index in [9.17, 15) is 0 Å². The molecule has 0 aliphatic carbocycles. The molecule has 0 spiro atoms. The van der Waals surface area contributed by atoms with Crippen molar-refractivity contribution in [2.45, 2.75) is 22.6 Å². The lowest BCUT2D eigenvalue weighted by Crippen LogP contribution is -2.04. The van der Waals surface area contributed by atoms with E-state index in [1.54, 1.807) is 0 Å². The highest BCUT2D eigenvalue weighted by Gasteiger charge is 2.04. The fraction of sp³-hybridized carbons (Fsp3) is 0.133. The lowest BCUT2D eigenvalue weighted by Gasteiger charge is -2.11. The first-order valence-corrected chi connectivity index (χ1v) is 12.7. The Morgan fingerprint density at radius 1 is 0.528 bits per heavy atom. The lowest BCUT2D eigenvalue weighted by atomic mass is 10.2. The average molecular weight is 513 g/mol. The first kappa shape index (κ1) is 25.6. The molecule has 4 nitrogen and oxygen atoms in total. The van der Waals surface area contributed by atoms with Crippen LogP contribution >= 0.6 is 25.3 Å². The van der Waals surface area contributed by atoms with Gasteiger partial charge in [0.05, 0.1) is 24.6 Å². The molecule has 36 heavy (non-hydrogen) atoms. The number of para-hydroxylation sites is 4. The van der Waals surface area contributed by atoms with Crippen molar-refractivity contribution >= 4 is 49.1 Å². The molecule has 4 aromatic carbocycles. The van der Waals surface area contributed by atoms with Crippen LogP contribution < -0.4 is 9.47 Å². The number of aliphatic imine (C=N–C) groups is 2. The topological polar surface area (TPSA) is 43.2 Å². The molecule has 6 heteroatoms. The number of rotatable bonds is 11. The maximum atomic E-state index is 6.04. The molecular weight excluding hydrogens is 484 g/mol. The van der Waals surface area contributed by atoms with Gasteiger partial charge in [-0.05, 0) is 61.4 Å². The summed E-state index contributed by atoms with van der Waals surface area (Å²) in [6, 6.07) is 31.3. The lowest BCUT2D eigenvalue weighted by molar-refractivity contribution is 0.266. The van der Waals surface area contributed by atoms with Crippen LogP contribution in [0.25, 0.3) is 0 Å². The first-order chi connectivity index (χ1) is 17.7. The van der Waals surface area contributed by atoms with Crippen LogP contribution in [0.5, 0.6) is 11.5 Å². The van der Waals surface area contributed by atoms with Crippen molar-refractivity contribution in [3.8, 4) is 11.5 Å². The summed E-state index contributed by atoms with van der Waals surface area (Å²) in [7, 11) is 0. The van der Waals surface area contributed by atoms with Crippen LogP contribution in [0.1, 0.15) is 24.0 Å². The first-order valence-electron chi connectivity index (χ1n) is 11.8. The van der Waals surface area contributed by atoms with E-state index in [1.807, 2.05) is 109 Å². The minimum Gasteiger partial charge on any atom is -0.493 e. The highest BCUT2D eigenvalue weighted by molar-refractivity contribution is 7.80.